The molecule has 1 aliphatic carbocycles. The minimum atomic E-state index is -0.870. The van der Waals surface area contributed by atoms with Crippen molar-refractivity contribution in [2.45, 2.75) is 58.3 Å². The Morgan fingerprint density at radius 2 is 1.64 bits per heavy atom. The fourth-order valence-electron chi connectivity index (χ4n) is 4.70. The van der Waals surface area contributed by atoms with Gasteiger partial charge in [-0.25, -0.2) is 8.78 Å². The third kappa shape index (κ3) is 3.97. The van der Waals surface area contributed by atoms with Gasteiger partial charge in [0.25, 0.3) is 11.1 Å². The Bertz CT molecular complexity index is 1230. The number of thioether (sulfide) groups is 1. The second-order valence-electron chi connectivity index (χ2n) is 10.00. The van der Waals surface area contributed by atoms with E-state index >= 15 is 4.39 Å². The van der Waals surface area contributed by atoms with E-state index in [0.717, 1.165) is 36.1 Å². The first kappa shape index (κ1) is 23.5. The lowest BCUT2D eigenvalue weighted by Gasteiger charge is -2.42. The van der Waals surface area contributed by atoms with Crippen LogP contribution in [-0.4, -0.2) is 18.3 Å². The zero-order chi connectivity index (χ0) is 24.3. The molecular weight excluding hydrogens is 444 g/mol. The molecule has 1 heterocycles. The number of hydrogen-bond acceptors (Lipinski definition) is 4. The van der Waals surface area contributed by atoms with Gasteiger partial charge in [0.05, 0.1) is 17.6 Å². The molecule has 2 aliphatic rings. The molecule has 0 bridgehead atoms. The average Bonchev–Trinajstić information content (AvgIpc) is 3.05. The van der Waals surface area contributed by atoms with Crippen LogP contribution in [0, 0.1) is 18.6 Å². The van der Waals surface area contributed by atoms with Gasteiger partial charge < -0.3 is 4.74 Å². The van der Waals surface area contributed by atoms with Crippen molar-refractivity contribution in [2.24, 2.45) is 0 Å². The van der Waals surface area contributed by atoms with E-state index in [-0.39, 0.29) is 32.6 Å². The fourth-order valence-corrected chi connectivity index (χ4v) is 5.36. The van der Waals surface area contributed by atoms with Crippen LogP contribution in [0.1, 0.15) is 62.8 Å². The van der Waals surface area contributed by atoms with Gasteiger partial charge in [0, 0.05) is 11.6 Å². The molecule has 0 atom stereocenters. The largest absolute Gasteiger partial charge is 0.496 e. The molecule has 1 fully saturated rings. The van der Waals surface area contributed by atoms with Crippen LogP contribution in [0.25, 0.3) is 17.2 Å². The first-order chi connectivity index (χ1) is 15.4. The topological polar surface area (TPSA) is 55.4 Å². The first-order valence-corrected chi connectivity index (χ1v) is 11.6. The number of nitrogens with one attached hydrogen (secondary N) is 1. The maximum absolute atomic E-state index is 15.9. The molecule has 1 saturated heterocycles. The molecule has 0 aromatic heterocycles. The van der Waals surface area contributed by atoms with Crippen molar-refractivity contribution in [2.75, 3.05) is 7.11 Å². The van der Waals surface area contributed by atoms with Gasteiger partial charge in [0.2, 0.25) is 0 Å². The molecule has 2 aromatic carbocycles. The van der Waals surface area contributed by atoms with Crippen molar-refractivity contribution in [1.29, 1.82) is 0 Å². The number of rotatable bonds is 3. The highest BCUT2D eigenvalue weighted by Gasteiger charge is 2.38. The van der Waals surface area contributed by atoms with Crippen LogP contribution in [0.2, 0.25) is 0 Å². The second kappa shape index (κ2) is 7.97. The second-order valence-corrected chi connectivity index (χ2v) is 11.0. The van der Waals surface area contributed by atoms with E-state index in [4.69, 9.17) is 4.74 Å². The summed E-state index contributed by atoms with van der Waals surface area (Å²) in [6, 6.07) is 5.23. The van der Waals surface area contributed by atoms with E-state index < -0.39 is 22.8 Å². The van der Waals surface area contributed by atoms with E-state index in [1.165, 1.54) is 12.7 Å². The quantitative estimate of drug-likeness (QED) is 0.511. The maximum Gasteiger partial charge on any atom is 0.290 e. The zero-order valence-electron chi connectivity index (χ0n) is 19.6. The molecule has 174 valence electrons. The lowest BCUT2D eigenvalue weighted by molar-refractivity contribution is -0.115. The maximum atomic E-state index is 15.9. The highest BCUT2D eigenvalue weighted by molar-refractivity contribution is 8.18. The minimum absolute atomic E-state index is 0.00521. The fraction of sp³-hybridized carbons (Fsp3) is 0.385. The van der Waals surface area contributed by atoms with Crippen LogP contribution in [0.5, 0.6) is 5.75 Å². The number of methoxy groups -OCH3 is 1. The molecule has 1 N–H and O–H groups in total. The van der Waals surface area contributed by atoms with Crippen LogP contribution in [0.4, 0.5) is 13.6 Å². The summed E-state index contributed by atoms with van der Waals surface area (Å²) in [7, 11) is 1.37. The van der Waals surface area contributed by atoms with Crippen molar-refractivity contribution in [3.8, 4) is 16.9 Å². The van der Waals surface area contributed by atoms with E-state index in [1.54, 1.807) is 0 Å². The predicted octanol–water partition coefficient (Wildman–Crippen LogP) is 6.62. The number of fused-ring (bicyclic) bond motifs is 1. The number of carbonyl (C=O) groups excluding carboxylic acids is 2. The van der Waals surface area contributed by atoms with Crippen LogP contribution >= 0.6 is 11.8 Å². The van der Waals surface area contributed by atoms with Crippen molar-refractivity contribution in [3.63, 3.8) is 0 Å². The molecular formula is C26H27F2NO3S. The van der Waals surface area contributed by atoms with Gasteiger partial charge in [-0.3, -0.25) is 14.9 Å². The van der Waals surface area contributed by atoms with Crippen LogP contribution in [0.15, 0.2) is 23.1 Å². The minimum Gasteiger partial charge on any atom is -0.496 e. The van der Waals surface area contributed by atoms with E-state index in [0.29, 0.717) is 17.3 Å². The molecule has 2 amide bonds. The first-order valence-electron chi connectivity index (χ1n) is 10.8. The highest BCUT2D eigenvalue weighted by atomic mass is 32.2. The van der Waals surface area contributed by atoms with Gasteiger partial charge in [-0.2, -0.15) is 0 Å². The lowest BCUT2D eigenvalue weighted by Crippen LogP contribution is -2.34. The lowest BCUT2D eigenvalue weighted by atomic mass is 9.62. The van der Waals surface area contributed by atoms with Gasteiger partial charge in [0.15, 0.2) is 0 Å². The summed E-state index contributed by atoms with van der Waals surface area (Å²) in [5.41, 5.74) is 3.51. The van der Waals surface area contributed by atoms with Gasteiger partial charge in [-0.05, 0) is 76.8 Å². The van der Waals surface area contributed by atoms with Crippen LogP contribution in [-0.2, 0) is 15.6 Å². The molecule has 0 saturated carbocycles. The van der Waals surface area contributed by atoms with Gasteiger partial charge in [0.1, 0.15) is 17.4 Å². The Hall–Kier alpha value is -2.67. The summed E-state index contributed by atoms with van der Waals surface area (Å²) in [5, 5.41) is 1.53. The smallest absolute Gasteiger partial charge is 0.290 e. The monoisotopic (exact) mass is 471 g/mol. The number of aryl methyl sites for hydroxylation is 1. The standard InChI is InChI=1S/C26H27F2NO3S/c1-13-9-16-17(26(4,5)8-7-25(16,2)3)10-14(13)21-19(32-6)12-18(27)15(22(21)28)11-20-23(30)29-24(31)33-20/h9-12H,7-8H2,1-6H3,(H,29,30,31)/b20-11-. The SMILES string of the molecule is COc1cc(F)c(/C=C2\SC(=O)NC2=O)c(F)c1-c1cc2c(cc1C)C(C)(C)CCC2(C)C. The number of benzene rings is 2. The molecule has 4 nitrogen and oxygen atoms in total. The van der Waals surface area contributed by atoms with Crippen LogP contribution in [0.3, 0.4) is 0 Å². The summed E-state index contributed by atoms with van der Waals surface area (Å²) >= 11 is 0.616. The summed E-state index contributed by atoms with van der Waals surface area (Å²) in [6.45, 7) is 10.7. The predicted molar refractivity (Wildman–Crippen MR) is 127 cm³/mol. The normalized spacial score (nSPS) is 20.1. The third-order valence-electron chi connectivity index (χ3n) is 6.82. The number of ether oxygens (including phenoxy) is 1. The zero-order valence-corrected chi connectivity index (χ0v) is 20.4. The summed E-state index contributed by atoms with van der Waals surface area (Å²) in [6.07, 6.45) is 3.13. The summed E-state index contributed by atoms with van der Waals surface area (Å²) in [5.74, 6) is -2.30. The summed E-state index contributed by atoms with van der Waals surface area (Å²) in [4.78, 5) is 23.4. The van der Waals surface area contributed by atoms with Crippen molar-refractivity contribution >= 4 is 29.0 Å². The van der Waals surface area contributed by atoms with E-state index in [2.05, 4.69) is 39.1 Å². The van der Waals surface area contributed by atoms with Crippen molar-refractivity contribution < 1.29 is 23.1 Å². The number of imide groups is 1. The Labute approximate surface area is 196 Å². The van der Waals surface area contributed by atoms with Gasteiger partial charge in [-0.1, -0.05) is 33.8 Å². The van der Waals surface area contributed by atoms with E-state index in [9.17, 15) is 14.0 Å². The Kier molecular flexibility index (Phi) is 5.68. The Morgan fingerprint density at radius 3 is 2.18 bits per heavy atom. The number of hydrogen-bond donors (Lipinski definition) is 1. The number of carbonyl (C=O) groups is 2. The molecule has 2 aromatic rings. The molecule has 4 rings (SSSR count). The Balaban J connectivity index is 1.98. The molecule has 1 aliphatic heterocycles. The highest BCUT2D eigenvalue weighted by Crippen LogP contribution is 2.49. The number of halogens is 2. The molecule has 0 unspecified atom stereocenters. The van der Waals surface area contributed by atoms with E-state index in [1.807, 2.05) is 13.0 Å². The number of amides is 2. The van der Waals surface area contributed by atoms with Gasteiger partial charge >= 0.3 is 0 Å². The van der Waals surface area contributed by atoms with Gasteiger partial charge in [-0.15, -0.1) is 0 Å². The summed E-state index contributed by atoms with van der Waals surface area (Å²) < 4.78 is 36.2. The Morgan fingerprint density at radius 1 is 1.03 bits per heavy atom. The molecule has 33 heavy (non-hydrogen) atoms. The third-order valence-corrected chi connectivity index (χ3v) is 7.63. The van der Waals surface area contributed by atoms with Crippen molar-refractivity contribution in [3.05, 3.63) is 57.0 Å². The van der Waals surface area contributed by atoms with Crippen LogP contribution < -0.4 is 10.1 Å². The average molecular weight is 472 g/mol. The molecule has 0 spiro atoms. The molecule has 0 radical (unpaired) electrons. The molecule has 7 heteroatoms. The van der Waals surface area contributed by atoms with Crippen molar-refractivity contribution in [1.82, 2.24) is 5.32 Å².